The molecule has 3 rings (SSSR count). The number of amides is 1. The number of carbonyl (C=O) groups excluding carboxylic acids is 1. The Morgan fingerprint density at radius 2 is 1.76 bits per heavy atom. The molecular weight excluding hydrogens is 338 g/mol. The van der Waals surface area contributed by atoms with E-state index in [-0.39, 0.29) is 11.8 Å². The fourth-order valence-electron chi connectivity index (χ4n) is 3.64. The van der Waals surface area contributed by atoms with Crippen LogP contribution in [0.25, 0.3) is 0 Å². The number of nitrogens with one attached hydrogen (secondary N) is 1. The van der Waals surface area contributed by atoms with E-state index in [1.807, 2.05) is 13.0 Å². The molecule has 2 fully saturated rings. The number of sulfonamides is 1. The minimum Gasteiger partial charge on any atom is -0.372 e. The molecule has 1 N–H and O–H groups in total. The van der Waals surface area contributed by atoms with Gasteiger partial charge in [-0.3, -0.25) is 4.79 Å². The molecule has 2 heterocycles. The highest BCUT2D eigenvalue weighted by Gasteiger charge is 2.29. The van der Waals surface area contributed by atoms with Gasteiger partial charge >= 0.3 is 0 Å². The number of piperidine rings is 1. The molecule has 0 saturated carbocycles. The molecule has 25 heavy (non-hydrogen) atoms. The molecule has 2 saturated heterocycles. The van der Waals surface area contributed by atoms with Gasteiger partial charge in [0.15, 0.2) is 0 Å². The van der Waals surface area contributed by atoms with E-state index in [0.29, 0.717) is 25.9 Å². The van der Waals surface area contributed by atoms with Crippen LogP contribution in [-0.2, 0) is 14.8 Å². The molecule has 1 amide bonds. The van der Waals surface area contributed by atoms with Crippen molar-refractivity contribution in [1.82, 2.24) is 4.31 Å². The number of rotatable bonds is 4. The molecule has 1 aromatic rings. The molecule has 0 bridgehead atoms. The minimum atomic E-state index is -3.16. The van der Waals surface area contributed by atoms with Crippen LogP contribution in [0.2, 0.25) is 0 Å². The fourth-order valence-corrected chi connectivity index (χ4v) is 4.52. The predicted octanol–water partition coefficient (Wildman–Crippen LogP) is 2.21. The number of nitrogens with zero attached hydrogens (tertiary/aromatic N) is 2. The summed E-state index contributed by atoms with van der Waals surface area (Å²) < 4.78 is 24.6. The Labute approximate surface area is 150 Å². The lowest BCUT2D eigenvalue weighted by atomic mass is 9.97. The van der Waals surface area contributed by atoms with Crippen molar-refractivity contribution in [3.8, 4) is 0 Å². The van der Waals surface area contributed by atoms with Crippen LogP contribution in [0.3, 0.4) is 0 Å². The largest absolute Gasteiger partial charge is 0.372 e. The van der Waals surface area contributed by atoms with Crippen molar-refractivity contribution in [2.45, 2.75) is 32.6 Å². The van der Waals surface area contributed by atoms with Crippen LogP contribution in [0.1, 0.15) is 31.2 Å². The molecule has 0 atom stereocenters. The van der Waals surface area contributed by atoms with Gasteiger partial charge in [-0.25, -0.2) is 12.7 Å². The lowest BCUT2D eigenvalue weighted by Crippen LogP contribution is -2.40. The first-order valence-corrected chi connectivity index (χ1v) is 10.8. The van der Waals surface area contributed by atoms with Gasteiger partial charge in [0.1, 0.15) is 0 Å². The summed E-state index contributed by atoms with van der Waals surface area (Å²) in [7, 11) is -3.16. The molecule has 0 aromatic heterocycles. The second-order valence-electron chi connectivity index (χ2n) is 7.12. The standard InChI is InChI=1S/C18H27N3O3S/c1-14-13-16(20-9-3-4-10-20)5-6-17(14)19-18(22)15-7-11-21(12-8-15)25(2,23)24/h5-6,13,15H,3-4,7-12H2,1-2H3,(H,19,22). The third-order valence-corrected chi connectivity index (χ3v) is 6.54. The van der Waals surface area contributed by atoms with Gasteiger partial charge in [0.05, 0.1) is 6.26 Å². The Kier molecular flexibility index (Phi) is 5.34. The van der Waals surface area contributed by atoms with Crippen molar-refractivity contribution in [1.29, 1.82) is 0 Å². The van der Waals surface area contributed by atoms with Crippen LogP contribution < -0.4 is 10.2 Å². The van der Waals surface area contributed by atoms with Gasteiger partial charge in [-0.15, -0.1) is 0 Å². The van der Waals surface area contributed by atoms with Crippen molar-refractivity contribution in [3.63, 3.8) is 0 Å². The number of hydrogen-bond acceptors (Lipinski definition) is 4. The molecule has 2 aliphatic heterocycles. The molecule has 1 aromatic carbocycles. The Balaban J connectivity index is 1.60. The molecule has 0 spiro atoms. The van der Waals surface area contributed by atoms with Crippen LogP contribution in [0, 0.1) is 12.8 Å². The molecule has 0 unspecified atom stereocenters. The normalized spacial score (nSPS) is 20.0. The number of benzene rings is 1. The van der Waals surface area contributed by atoms with Crippen molar-refractivity contribution in [2.24, 2.45) is 5.92 Å². The van der Waals surface area contributed by atoms with Crippen molar-refractivity contribution in [2.75, 3.05) is 42.7 Å². The van der Waals surface area contributed by atoms with Crippen molar-refractivity contribution < 1.29 is 13.2 Å². The third-order valence-electron chi connectivity index (χ3n) is 5.23. The van der Waals surface area contributed by atoms with Crippen molar-refractivity contribution >= 4 is 27.3 Å². The number of carbonyl (C=O) groups is 1. The topological polar surface area (TPSA) is 69.7 Å². The Hall–Kier alpha value is -1.60. The second kappa shape index (κ2) is 7.33. The van der Waals surface area contributed by atoms with E-state index in [4.69, 9.17) is 0 Å². The molecule has 138 valence electrons. The van der Waals surface area contributed by atoms with Crippen LogP contribution in [0.5, 0.6) is 0 Å². The van der Waals surface area contributed by atoms with Gasteiger partial charge in [0.25, 0.3) is 0 Å². The van der Waals surface area contributed by atoms with E-state index in [0.717, 1.165) is 24.3 Å². The van der Waals surface area contributed by atoms with Gasteiger partial charge in [-0.1, -0.05) is 0 Å². The molecular formula is C18H27N3O3S. The number of anilines is 2. The smallest absolute Gasteiger partial charge is 0.227 e. The fraction of sp³-hybridized carbons (Fsp3) is 0.611. The highest BCUT2D eigenvalue weighted by Crippen LogP contribution is 2.27. The van der Waals surface area contributed by atoms with Gasteiger partial charge in [-0.2, -0.15) is 0 Å². The second-order valence-corrected chi connectivity index (χ2v) is 9.10. The van der Waals surface area contributed by atoms with E-state index >= 15 is 0 Å². The minimum absolute atomic E-state index is 0.00910. The highest BCUT2D eigenvalue weighted by molar-refractivity contribution is 7.88. The molecule has 0 radical (unpaired) electrons. The summed E-state index contributed by atoms with van der Waals surface area (Å²) in [6.45, 7) is 5.06. The lowest BCUT2D eigenvalue weighted by molar-refractivity contribution is -0.120. The maximum atomic E-state index is 12.5. The zero-order valence-electron chi connectivity index (χ0n) is 15.0. The zero-order valence-corrected chi connectivity index (χ0v) is 15.8. The zero-order chi connectivity index (χ0) is 18.0. The maximum Gasteiger partial charge on any atom is 0.227 e. The third kappa shape index (κ3) is 4.33. The quantitative estimate of drug-likeness (QED) is 0.888. The molecule has 7 heteroatoms. The summed E-state index contributed by atoms with van der Waals surface area (Å²) in [5.74, 6) is -0.138. The Bertz CT molecular complexity index is 734. The van der Waals surface area contributed by atoms with E-state index in [1.165, 1.54) is 29.1 Å². The predicted molar refractivity (Wildman–Crippen MR) is 100 cm³/mol. The first kappa shape index (κ1) is 18.2. The SMILES string of the molecule is Cc1cc(N2CCCC2)ccc1NC(=O)C1CCN(S(C)(=O)=O)CC1. The van der Waals surface area contributed by atoms with Gasteiger partial charge in [0.2, 0.25) is 15.9 Å². The average Bonchev–Trinajstić information content (AvgIpc) is 3.10. The van der Waals surface area contributed by atoms with E-state index in [2.05, 4.69) is 22.3 Å². The monoisotopic (exact) mass is 365 g/mol. The van der Waals surface area contributed by atoms with E-state index in [9.17, 15) is 13.2 Å². The summed E-state index contributed by atoms with van der Waals surface area (Å²) in [5, 5.41) is 3.03. The van der Waals surface area contributed by atoms with E-state index in [1.54, 1.807) is 0 Å². The molecule has 2 aliphatic rings. The van der Waals surface area contributed by atoms with Gasteiger partial charge < -0.3 is 10.2 Å². The highest BCUT2D eigenvalue weighted by atomic mass is 32.2. The first-order valence-electron chi connectivity index (χ1n) is 8.96. The molecule has 6 nitrogen and oxygen atoms in total. The average molecular weight is 365 g/mol. The maximum absolute atomic E-state index is 12.5. The molecule has 0 aliphatic carbocycles. The van der Waals surface area contributed by atoms with Crippen molar-refractivity contribution in [3.05, 3.63) is 23.8 Å². The summed E-state index contributed by atoms with van der Waals surface area (Å²) in [5.41, 5.74) is 3.12. The van der Waals surface area contributed by atoms with Crippen LogP contribution in [0.15, 0.2) is 18.2 Å². The first-order chi connectivity index (χ1) is 11.8. The Morgan fingerprint density at radius 1 is 1.12 bits per heavy atom. The Morgan fingerprint density at radius 3 is 2.32 bits per heavy atom. The lowest BCUT2D eigenvalue weighted by Gasteiger charge is -2.29. The summed E-state index contributed by atoms with van der Waals surface area (Å²) >= 11 is 0. The summed E-state index contributed by atoms with van der Waals surface area (Å²) in [6, 6.07) is 6.18. The summed E-state index contributed by atoms with van der Waals surface area (Å²) in [4.78, 5) is 14.9. The van der Waals surface area contributed by atoms with Crippen LogP contribution in [0.4, 0.5) is 11.4 Å². The number of aryl methyl sites for hydroxylation is 1. The van der Waals surface area contributed by atoms with Crippen LogP contribution >= 0.6 is 0 Å². The van der Waals surface area contributed by atoms with Crippen LogP contribution in [-0.4, -0.2) is 51.1 Å². The number of hydrogen-bond donors (Lipinski definition) is 1. The van der Waals surface area contributed by atoms with E-state index < -0.39 is 10.0 Å². The van der Waals surface area contributed by atoms with Gasteiger partial charge in [-0.05, 0) is 56.4 Å². The summed E-state index contributed by atoms with van der Waals surface area (Å²) in [6.07, 6.45) is 4.85. The van der Waals surface area contributed by atoms with Gasteiger partial charge in [0, 0.05) is 43.5 Å².